The summed E-state index contributed by atoms with van der Waals surface area (Å²) in [6, 6.07) is 24.2. The second-order valence-corrected chi connectivity index (χ2v) is 16.4. The highest BCUT2D eigenvalue weighted by Crippen LogP contribution is 2.38. The van der Waals surface area contributed by atoms with Crippen LogP contribution in [0.25, 0.3) is 33.0 Å². The predicted molar refractivity (Wildman–Crippen MR) is 234 cm³/mol. The van der Waals surface area contributed by atoms with E-state index in [0.29, 0.717) is 34.5 Å². The second-order valence-electron chi connectivity index (χ2n) is 16.4. The molecule has 0 aliphatic carbocycles. The molecule has 0 bridgehead atoms. The van der Waals surface area contributed by atoms with Crippen molar-refractivity contribution in [2.75, 3.05) is 36.8 Å². The van der Waals surface area contributed by atoms with Gasteiger partial charge in [-0.05, 0) is 129 Å². The third-order valence-electron chi connectivity index (χ3n) is 12.4. The number of anilines is 2. The minimum atomic E-state index is -4.82. The van der Waals surface area contributed by atoms with Gasteiger partial charge < -0.3 is 24.8 Å². The smallest absolute Gasteiger partial charge is 0.464 e. The molecule has 2 amide bonds. The van der Waals surface area contributed by atoms with Crippen LogP contribution in [0, 0.1) is 0 Å². The zero-order chi connectivity index (χ0) is 42.8. The molecule has 6 heterocycles. The molecular formula is C49H46F3N5O5. The van der Waals surface area contributed by atoms with Crippen LogP contribution >= 0.6 is 0 Å². The summed E-state index contributed by atoms with van der Waals surface area (Å²) in [7, 11) is 0. The van der Waals surface area contributed by atoms with E-state index in [-0.39, 0.29) is 11.5 Å². The summed E-state index contributed by atoms with van der Waals surface area (Å²) in [6.07, 6.45) is 12.8. The zero-order valence-electron chi connectivity index (χ0n) is 34.0. The van der Waals surface area contributed by atoms with Crippen LogP contribution < -0.4 is 15.4 Å². The van der Waals surface area contributed by atoms with Gasteiger partial charge in [0.2, 0.25) is 0 Å². The number of ether oxygens (including phenoxy) is 1. The van der Waals surface area contributed by atoms with Crippen molar-refractivity contribution in [2.45, 2.75) is 63.4 Å². The van der Waals surface area contributed by atoms with Crippen molar-refractivity contribution in [2.24, 2.45) is 0 Å². The van der Waals surface area contributed by atoms with Gasteiger partial charge in [-0.2, -0.15) is 0 Å². The van der Waals surface area contributed by atoms with Crippen molar-refractivity contribution in [1.82, 2.24) is 14.8 Å². The molecule has 10 rings (SSSR count). The molecule has 318 valence electrons. The van der Waals surface area contributed by atoms with E-state index in [1.54, 1.807) is 42.7 Å². The summed E-state index contributed by atoms with van der Waals surface area (Å²) >= 11 is 0. The first-order valence-corrected chi connectivity index (χ1v) is 21.1. The molecule has 62 heavy (non-hydrogen) atoms. The van der Waals surface area contributed by atoms with E-state index >= 15 is 0 Å². The van der Waals surface area contributed by atoms with Crippen molar-refractivity contribution in [3.63, 3.8) is 0 Å². The summed E-state index contributed by atoms with van der Waals surface area (Å²) in [5, 5.41) is 7.75. The molecule has 6 aromatic rings. The number of piperidine rings is 1. The molecule has 2 saturated heterocycles. The maximum atomic E-state index is 12.6. The summed E-state index contributed by atoms with van der Waals surface area (Å²) < 4.78 is 47.0. The minimum absolute atomic E-state index is 0.0653. The predicted octanol–water partition coefficient (Wildman–Crippen LogP) is 10.7. The number of rotatable bonds is 8. The Bertz CT molecular complexity index is 2720. The van der Waals surface area contributed by atoms with Gasteiger partial charge in [0.15, 0.2) is 0 Å². The average molecular weight is 842 g/mol. The molecule has 3 N–H and O–H groups in total. The van der Waals surface area contributed by atoms with Crippen LogP contribution in [0.15, 0.2) is 114 Å². The lowest BCUT2D eigenvalue weighted by Gasteiger charge is -2.38. The Kier molecular flexibility index (Phi) is 11.6. The van der Waals surface area contributed by atoms with Gasteiger partial charge in [-0.3, -0.25) is 24.2 Å². The first-order valence-electron chi connectivity index (χ1n) is 21.1. The number of aromatic nitrogens is 1. The number of nitrogens with zero attached hydrogens (tertiary/aromatic N) is 2. The van der Waals surface area contributed by atoms with E-state index in [1.807, 2.05) is 24.3 Å². The van der Waals surface area contributed by atoms with Crippen LogP contribution in [0.1, 0.15) is 87.1 Å². The molecule has 0 saturated carbocycles. The van der Waals surface area contributed by atoms with E-state index < -0.39 is 18.0 Å². The van der Waals surface area contributed by atoms with E-state index in [0.717, 1.165) is 78.4 Å². The average Bonchev–Trinajstić information content (AvgIpc) is 4.04. The molecule has 4 aromatic carbocycles. The van der Waals surface area contributed by atoms with Gasteiger partial charge in [0.25, 0.3) is 11.8 Å². The molecule has 0 radical (unpaired) electrons. The highest BCUT2D eigenvalue weighted by molar-refractivity contribution is 6.07. The Morgan fingerprint density at radius 2 is 1.39 bits per heavy atom. The number of H-pyrrole nitrogens is 1. The van der Waals surface area contributed by atoms with Crippen LogP contribution in [-0.2, 0) is 0 Å². The van der Waals surface area contributed by atoms with E-state index in [1.165, 1.54) is 67.5 Å². The number of alkyl halides is 3. The van der Waals surface area contributed by atoms with Crippen molar-refractivity contribution in [1.29, 1.82) is 0 Å². The number of nitrogens with one attached hydrogen (secondary N) is 3. The van der Waals surface area contributed by atoms with Crippen LogP contribution in [0.5, 0.6) is 5.75 Å². The third-order valence-corrected chi connectivity index (χ3v) is 12.4. The topological polar surface area (TPSA) is 120 Å². The third kappa shape index (κ3) is 9.09. The van der Waals surface area contributed by atoms with Crippen molar-refractivity contribution >= 4 is 62.5 Å². The molecular weight excluding hydrogens is 796 g/mol. The lowest BCUT2D eigenvalue weighted by Crippen LogP contribution is -2.41. The molecule has 0 spiro atoms. The second kappa shape index (κ2) is 17.5. The summed E-state index contributed by atoms with van der Waals surface area (Å²) in [5.74, 6) is -1.19. The monoisotopic (exact) mass is 841 g/mol. The Morgan fingerprint density at radius 1 is 0.742 bits per heavy atom. The van der Waals surface area contributed by atoms with E-state index in [4.69, 9.17) is 4.42 Å². The van der Waals surface area contributed by atoms with Crippen LogP contribution in [0.3, 0.4) is 0 Å². The highest BCUT2D eigenvalue weighted by Gasteiger charge is 2.32. The molecule has 4 aliphatic heterocycles. The Labute approximate surface area is 356 Å². The molecule has 2 aromatic heterocycles. The lowest BCUT2D eigenvalue weighted by atomic mass is 9.89. The minimum Gasteiger partial charge on any atom is -0.464 e. The van der Waals surface area contributed by atoms with E-state index in [2.05, 4.69) is 48.5 Å². The summed E-state index contributed by atoms with van der Waals surface area (Å²) in [4.78, 5) is 44.7. The number of halogens is 3. The number of amides is 2. The normalized spacial score (nSPS) is 19.1. The van der Waals surface area contributed by atoms with Crippen LogP contribution in [0.4, 0.5) is 24.5 Å². The lowest BCUT2D eigenvalue weighted by molar-refractivity contribution is -0.274. The zero-order valence-corrected chi connectivity index (χ0v) is 34.0. The van der Waals surface area contributed by atoms with Gasteiger partial charge >= 0.3 is 6.36 Å². The number of hydrogen-bond acceptors (Lipinski definition) is 7. The van der Waals surface area contributed by atoms with Gasteiger partial charge in [0.1, 0.15) is 17.6 Å². The Morgan fingerprint density at radius 3 is 2.11 bits per heavy atom. The fraction of sp³-hybridized carbons (Fsp3) is 0.286. The van der Waals surface area contributed by atoms with E-state index in [9.17, 15) is 27.6 Å². The molecule has 13 heteroatoms. The molecule has 10 nitrogen and oxygen atoms in total. The summed E-state index contributed by atoms with van der Waals surface area (Å²) in [5.41, 5.74) is 8.98. The van der Waals surface area contributed by atoms with Gasteiger partial charge in [-0.1, -0.05) is 36.8 Å². The number of aromatic amines is 1. The number of benzene rings is 4. The Hall–Kier alpha value is -6.44. The standard InChI is InChI=1S/C25H25N3O2.C24H21F3N2O3/c29-16-17-4-3-5-19(12-17)25(30)27-20-7-8-24-22(14-20)23(15-26-24)18-9-11-28-10-2-1-6-21(28)13-18;25-24(26,27)32-19-5-1-3-16(12-19)23(30)28-17-6-7-22-20(13-17)21(14-31-22)15-8-10-29-9-2-4-18(29)11-15/h3-5,7-9,12,14-16,21,26H,1-2,6,10-11,13H2,(H,27,30);1,3,5-8,12-14,18H,2,4,9-11H2,(H,28,30). The van der Waals surface area contributed by atoms with Crippen LogP contribution in [0.2, 0.25) is 0 Å². The molecule has 2 unspecified atom stereocenters. The van der Waals surface area contributed by atoms with Crippen molar-refractivity contribution in [3.8, 4) is 5.75 Å². The first kappa shape index (κ1) is 40.9. The maximum Gasteiger partial charge on any atom is 0.573 e. The van der Waals surface area contributed by atoms with Gasteiger partial charge in [-0.15, -0.1) is 13.2 Å². The highest BCUT2D eigenvalue weighted by atomic mass is 19.4. The van der Waals surface area contributed by atoms with Gasteiger partial charge in [-0.25, -0.2) is 0 Å². The quantitative estimate of drug-likeness (QED) is 0.131. The van der Waals surface area contributed by atoms with Crippen LogP contribution in [-0.4, -0.2) is 77.5 Å². The number of carbonyl (C=O) groups excluding carboxylic acids is 3. The molecule has 2 fully saturated rings. The molecule has 2 atom stereocenters. The van der Waals surface area contributed by atoms with Crippen molar-refractivity contribution in [3.05, 3.63) is 137 Å². The van der Waals surface area contributed by atoms with Crippen molar-refractivity contribution < 1.29 is 36.7 Å². The fourth-order valence-electron chi connectivity index (χ4n) is 9.28. The van der Waals surface area contributed by atoms with Gasteiger partial charge in [0, 0.05) is 86.9 Å². The maximum absolute atomic E-state index is 12.6. The summed E-state index contributed by atoms with van der Waals surface area (Å²) in [6.45, 7) is 4.31. The SMILES string of the molecule is O=C(Nc1ccc2occ(C3=CCN4CCCC4C3)c2c1)c1cccc(OC(F)(F)F)c1.O=Cc1cccc(C(=O)Nc2ccc3[nH]cc(C4=CCN5CCCCC5C4)c3c2)c1. The number of hydrogen-bond donors (Lipinski definition) is 3. The number of fused-ring (bicyclic) bond motifs is 4. The number of carbonyl (C=O) groups is 3. The van der Waals surface area contributed by atoms with Gasteiger partial charge in [0.05, 0.1) is 6.26 Å². The Balaban J connectivity index is 0.000000158. The fourth-order valence-corrected chi connectivity index (χ4v) is 9.28. The number of furan rings is 1. The molecule has 4 aliphatic rings. The largest absolute Gasteiger partial charge is 0.573 e. The number of aldehydes is 1. The first-order chi connectivity index (χ1) is 30.1.